The van der Waals surface area contributed by atoms with Gasteiger partial charge in [0.15, 0.2) is 0 Å². The van der Waals surface area contributed by atoms with Gasteiger partial charge in [0.05, 0.1) is 11.8 Å². The highest BCUT2D eigenvalue weighted by molar-refractivity contribution is 5.98. The van der Waals surface area contributed by atoms with Gasteiger partial charge in [-0.15, -0.1) is 0 Å². The number of phenols is 1. The molecule has 128 valence electrons. The minimum atomic E-state index is 0.202. The van der Waals surface area contributed by atoms with Crippen LogP contribution < -0.4 is 0 Å². The summed E-state index contributed by atoms with van der Waals surface area (Å²) in [6.07, 6.45) is 1.08. The molecule has 0 saturated heterocycles. The Kier molecular flexibility index (Phi) is 6.82. The van der Waals surface area contributed by atoms with Gasteiger partial charge in [0, 0.05) is 6.61 Å². The Labute approximate surface area is 143 Å². The molecule has 0 aliphatic heterocycles. The summed E-state index contributed by atoms with van der Waals surface area (Å²) < 4.78 is 5.60. The van der Waals surface area contributed by atoms with E-state index in [0.29, 0.717) is 6.61 Å². The molecule has 0 unspecified atom stereocenters. The topological polar surface area (TPSA) is 51.0 Å². The Balaban J connectivity index is 1.95. The third kappa shape index (κ3) is 5.70. The second-order valence-corrected chi connectivity index (χ2v) is 5.79. The van der Waals surface area contributed by atoms with E-state index < -0.39 is 0 Å². The van der Waals surface area contributed by atoms with E-state index in [2.05, 4.69) is 24.2 Å². The van der Waals surface area contributed by atoms with Crippen LogP contribution in [0, 0.1) is 0 Å². The third-order valence-electron chi connectivity index (χ3n) is 3.69. The van der Waals surface area contributed by atoms with Crippen molar-refractivity contribution in [2.75, 3.05) is 6.61 Å². The van der Waals surface area contributed by atoms with Crippen molar-refractivity contribution < 1.29 is 14.7 Å². The summed E-state index contributed by atoms with van der Waals surface area (Å²) >= 11 is 0. The molecule has 2 aromatic carbocycles. The van der Waals surface area contributed by atoms with E-state index in [1.165, 1.54) is 5.56 Å². The summed E-state index contributed by atoms with van der Waals surface area (Å²) in [6, 6.07) is 15.2. The highest BCUT2D eigenvalue weighted by Gasteiger charge is 2.05. The standard InChI is InChI=1S/C20H25NO3/c1-4-23-15(2)12-18-6-5-7-19(13-18)16(3)21-24-14-17-8-10-20(22)11-9-17/h5-11,13,15,22H,4,12,14H2,1-3H3/b21-16+/t15-/m1/s1. The molecule has 0 saturated carbocycles. The molecule has 1 atom stereocenters. The first-order valence-electron chi connectivity index (χ1n) is 8.24. The Morgan fingerprint density at radius 2 is 1.88 bits per heavy atom. The minimum absolute atomic E-state index is 0.202. The molecule has 0 amide bonds. The number of phenolic OH excluding ortho intramolecular Hbond substituents is 1. The van der Waals surface area contributed by atoms with Crippen molar-refractivity contribution in [2.24, 2.45) is 5.16 Å². The van der Waals surface area contributed by atoms with E-state index in [0.717, 1.165) is 29.9 Å². The summed E-state index contributed by atoms with van der Waals surface area (Å²) in [5.74, 6) is 0.247. The number of aromatic hydroxyl groups is 1. The van der Waals surface area contributed by atoms with Crippen LogP contribution in [0.2, 0.25) is 0 Å². The number of hydrogen-bond acceptors (Lipinski definition) is 4. The maximum atomic E-state index is 9.26. The van der Waals surface area contributed by atoms with Crippen molar-refractivity contribution in [1.82, 2.24) is 0 Å². The quantitative estimate of drug-likeness (QED) is 0.581. The summed E-state index contributed by atoms with van der Waals surface area (Å²) in [5, 5.41) is 13.5. The lowest BCUT2D eigenvalue weighted by atomic mass is 10.0. The number of nitrogens with zero attached hydrogens (tertiary/aromatic N) is 1. The first kappa shape index (κ1) is 18.0. The SMILES string of the molecule is CCO[C@H](C)Cc1cccc(/C(C)=N/OCc2ccc(O)cc2)c1. The molecule has 0 bridgehead atoms. The number of benzene rings is 2. The van der Waals surface area contributed by atoms with Gasteiger partial charge in [0.2, 0.25) is 0 Å². The van der Waals surface area contributed by atoms with E-state index in [1.54, 1.807) is 12.1 Å². The molecule has 0 spiro atoms. The third-order valence-corrected chi connectivity index (χ3v) is 3.69. The van der Waals surface area contributed by atoms with Gasteiger partial charge in [-0.2, -0.15) is 0 Å². The predicted molar refractivity (Wildman–Crippen MR) is 96.3 cm³/mol. The average molecular weight is 327 g/mol. The maximum absolute atomic E-state index is 9.26. The van der Waals surface area contributed by atoms with Gasteiger partial charge in [-0.05, 0) is 62.1 Å². The molecule has 1 N–H and O–H groups in total. The normalized spacial score (nSPS) is 12.9. The zero-order valence-corrected chi connectivity index (χ0v) is 14.5. The van der Waals surface area contributed by atoms with Gasteiger partial charge in [0.25, 0.3) is 0 Å². The second kappa shape index (κ2) is 9.08. The van der Waals surface area contributed by atoms with E-state index in [1.807, 2.05) is 38.1 Å². The predicted octanol–water partition coefficient (Wildman–Crippen LogP) is 4.30. The van der Waals surface area contributed by atoms with Crippen LogP contribution in [0.4, 0.5) is 0 Å². The van der Waals surface area contributed by atoms with E-state index in [9.17, 15) is 5.11 Å². The van der Waals surface area contributed by atoms with Gasteiger partial charge in [0.1, 0.15) is 12.4 Å². The smallest absolute Gasteiger partial charge is 0.142 e. The van der Waals surface area contributed by atoms with Gasteiger partial charge >= 0.3 is 0 Å². The zero-order valence-electron chi connectivity index (χ0n) is 14.5. The van der Waals surface area contributed by atoms with Crippen LogP contribution in [-0.2, 0) is 22.6 Å². The zero-order chi connectivity index (χ0) is 17.4. The molecule has 0 aromatic heterocycles. The van der Waals surface area contributed by atoms with E-state index in [4.69, 9.17) is 9.57 Å². The first-order chi connectivity index (χ1) is 11.6. The number of rotatable bonds is 8. The highest BCUT2D eigenvalue weighted by atomic mass is 16.6. The fourth-order valence-electron chi connectivity index (χ4n) is 2.45. The summed E-state index contributed by atoms with van der Waals surface area (Å²) in [6.45, 7) is 7.13. The first-order valence-corrected chi connectivity index (χ1v) is 8.24. The molecular weight excluding hydrogens is 302 g/mol. The van der Waals surface area contributed by atoms with Crippen molar-refractivity contribution in [3.05, 3.63) is 65.2 Å². The van der Waals surface area contributed by atoms with Gasteiger partial charge in [-0.25, -0.2) is 0 Å². The van der Waals surface area contributed by atoms with Crippen LogP contribution in [0.5, 0.6) is 5.75 Å². The van der Waals surface area contributed by atoms with Gasteiger partial charge in [-0.1, -0.05) is 35.5 Å². The fourth-order valence-corrected chi connectivity index (χ4v) is 2.45. The molecule has 0 radical (unpaired) electrons. The molecule has 4 heteroatoms. The van der Waals surface area contributed by atoms with Crippen LogP contribution >= 0.6 is 0 Å². The minimum Gasteiger partial charge on any atom is -0.508 e. The molecule has 0 aliphatic carbocycles. The fraction of sp³-hybridized carbons (Fsp3) is 0.350. The maximum Gasteiger partial charge on any atom is 0.142 e. The molecule has 0 heterocycles. The van der Waals surface area contributed by atoms with Crippen LogP contribution in [0.3, 0.4) is 0 Å². The van der Waals surface area contributed by atoms with Crippen molar-refractivity contribution in [1.29, 1.82) is 0 Å². The molecule has 0 fully saturated rings. The van der Waals surface area contributed by atoms with Crippen LogP contribution in [0.15, 0.2) is 53.7 Å². The van der Waals surface area contributed by atoms with Crippen molar-refractivity contribution in [3.63, 3.8) is 0 Å². The number of hydrogen-bond donors (Lipinski definition) is 1. The number of oxime groups is 1. The molecule has 24 heavy (non-hydrogen) atoms. The largest absolute Gasteiger partial charge is 0.508 e. The second-order valence-electron chi connectivity index (χ2n) is 5.79. The molecule has 2 rings (SSSR count). The molecular formula is C20H25NO3. The van der Waals surface area contributed by atoms with Gasteiger partial charge < -0.3 is 14.7 Å². The number of ether oxygens (including phenoxy) is 1. The van der Waals surface area contributed by atoms with Crippen LogP contribution in [0.25, 0.3) is 0 Å². The monoisotopic (exact) mass is 327 g/mol. The lowest BCUT2D eigenvalue weighted by Gasteiger charge is -2.12. The van der Waals surface area contributed by atoms with Crippen molar-refractivity contribution in [3.8, 4) is 5.75 Å². The summed E-state index contributed by atoms with van der Waals surface area (Å²) in [7, 11) is 0. The highest BCUT2D eigenvalue weighted by Crippen LogP contribution is 2.12. The van der Waals surface area contributed by atoms with Crippen LogP contribution in [0.1, 0.15) is 37.5 Å². The summed E-state index contributed by atoms with van der Waals surface area (Å²) in [5.41, 5.74) is 4.06. The lowest BCUT2D eigenvalue weighted by molar-refractivity contribution is 0.0768. The van der Waals surface area contributed by atoms with E-state index >= 15 is 0 Å². The average Bonchev–Trinajstić information content (AvgIpc) is 2.57. The molecule has 0 aliphatic rings. The van der Waals surface area contributed by atoms with Gasteiger partial charge in [-0.3, -0.25) is 0 Å². The Morgan fingerprint density at radius 1 is 1.12 bits per heavy atom. The van der Waals surface area contributed by atoms with Crippen molar-refractivity contribution >= 4 is 5.71 Å². The van der Waals surface area contributed by atoms with E-state index in [-0.39, 0.29) is 11.9 Å². The Bertz CT molecular complexity index is 665. The van der Waals surface area contributed by atoms with Crippen molar-refractivity contribution in [2.45, 2.75) is 39.9 Å². The Morgan fingerprint density at radius 3 is 2.58 bits per heavy atom. The Hall–Kier alpha value is -2.33. The molecule has 2 aromatic rings. The summed E-state index contributed by atoms with van der Waals surface area (Å²) in [4.78, 5) is 5.42. The molecule has 4 nitrogen and oxygen atoms in total. The van der Waals surface area contributed by atoms with Crippen LogP contribution in [-0.4, -0.2) is 23.5 Å². The lowest BCUT2D eigenvalue weighted by Crippen LogP contribution is -2.11.